The van der Waals surface area contributed by atoms with Crippen molar-refractivity contribution in [1.82, 2.24) is 0 Å². The van der Waals surface area contributed by atoms with E-state index in [0.29, 0.717) is 13.2 Å². The first-order valence-electron chi connectivity index (χ1n) is 5.32. The van der Waals surface area contributed by atoms with E-state index in [1.807, 2.05) is 13.8 Å². The highest BCUT2D eigenvalue weighted by Gasteiger charge is 2.23. The van der Waals surface area contributed by atoms with Gasteiger partial charge in [-0.25, -0.2) is 0 Å². The van der Waals surface area contributed by atoms with Crippen molar-refractivity contribution >= 4 is 0 Å². The number of benzene rings is 1. The summed E-state index contributed by atoms with van der Waals surface area (Å²) >= 11 is 0. The van der Waals surface area contributed by atoms with Crippen molar-refractivity contribution in [1.29, 1.82) is 0 Å². The maximum absolute atomic E-state index is 5.88. The molecule has 0 fully saturated rings. The Hall–Kier alpha value is -1.22. The Morgan fingerprint density at radius 1 is 1.27 bits per heavy atom. The molecule has 82 valence electrons. The monoisotopic (exact) mass is 207 g/mol. The van der Waals surface area contributed by atoms with Gasteiger partial charge >= 0.3 is 0 Å². The van der Waals surface area contributed by atoms with Gasteiger partial charge in [-0.05, 0) is 37.9 Å². The molecule has 3 heteroatoms. The van der Waals surface area contributed by atoms with Crippen LogP contribution in [0, 0.1) is 13.8 Å². The van der Waals surface area contributed by atoms with Gasteiger partial charge in [0.05, 0.1) is 0 Å². The van der Waals surface area contributed by atoms with Gasteiger partial charge in [0.2, 0.25) is 0 Å². The van der Waals surface area contributed by atoms with Crippen LogP contribution in [0.15, 0.2) is 12.1 Å². The van der Waals surface area contributed by atoms with Gasteiger partial charge in [0.1, 0.15) is 12.7 Å². The van der Waals surface area contributed by atoms with E-state index >= 15 is 0 Å². The third kappa shape index (κ3) is 1.92. The van der Waals surface area contributed by atoms with Gasteiger partial charge in [-0.3, -0.25) is 0 Å². The summed E-state index contributed by atoms with van der Waals surface area (Å²) in [7, 11) is 0. The second-order valence-electron chi connectivity index (χ2n) is 3.99. The highest BCUT2D eigenvalue weighted by Crippen LogP contribution is 2.38. The lowest BCUT2D eigenvalue weighted by molar-refractivity contribution is 0.0850. The minimum absolute atomic E-state index is 0.1000. The van der Waals surface area contributed by atoms with Crippen molar-refractivity contribution in [2.75, 3.05) is 13.2 Å². The topological polar surface area (TPSA) is 44.5 Å². The van der Waals surface area contributed by atoms with E-state index in [-0.39, 0.29) is 6.10 Å². The molecule has 0 saturated carbocycles. The van der Waals surface area contributed by atoms with E-state index in [1.54, 1.807) is 0 Å². The molecule has 0 aromatic heterocycles. The summed E-state index contributed by atoms with van der Waals surface area (Å²) in [6, 6.07) is 4.11. The van der Waals surface area contributed by atoms with Crippen LogP contribution >= 0.6 is 0 Å². The SMILES string of the molecule is Cc1ccc(C)c2c1OCC(CCN)O2. The van der Waals surface area contributed by atoms with Gasteiger partial charge in [-0.1, -0.05) is 12.1 Å². The number of hydrogen-bond donors (Lipinski definition) is 1. The van der Waals surface area contributed by atoms with Crippen LogP contribution in [-0.2, 0) is 0 Å². The summed E-state index contributed by atoms with van der Waals surface area (Å²) in [5.41, 5.74) is 7.76. The molecule has 1 aromatic carbocycles. The van der Waals surface area contributed by atoms with Crippen molar-refractivity contribution in [3.63, 3.8) is 0 Å². The zero-order valence-corrected chi connectivity index (χ0v) is 9.25. The maximum Gasteiger partial charge on any atom is 0.164 e. The molecule has 0 radical (unpaired) electrons. The van der Waals surface area contributed by atoms with Crippen molar-refractivity contribution in [3.05, 3.63) is 23.3 Å². The minimum atomic E-state index is 0.1000. The number of aryl methyl sites for hydroxylation is 2. The first-order valence-corrected chi connectivity index (χ1v) is 5.32. The summed E-state index contributed by atoms with van der Waals surface area (Å²) in [5, 5.41) is 0. The zero-order valence-electron chi connectivity index (χ0n) is 9.25. The summed E-state index contributed by atoms with van der Waals surface area (Å²) in [6.45, 7) is 5.31. The molecule has 0 amide bonds. The number of nitrogens with two attached hydrogens (primary N) is 1. The Labute approximate surface area is 90.2 Å². The van der Waals surface area contributed by atoms with E-state index in [9.17, 15) is 0 Å². The molecule has 0 bridgehead atoms. The molecule has 15 heavy (non-hydrogen) atoms. The van der Waals surface area contributed by atoms with Gasteiger partial charge in [0.25, 0.3) is 0 Å². The lowest BCUT2D eigenvalue weighted by Crippen LogP contribution is -2.31. The highest BCUT2D eigenvalue weighted by atomic mass is 16.6. The predicted octanol–water partition coefficient (Wildman–Crippen LogP) is 1.79. The Kier molecular flexibility index (Phi) is 2.82. The molecular weight excluding hydrogens is 190 g/mol. The molecule has 1 aliphatic rings. The van der Waals surface area contributed by atoms with Crippen LogP contribution in [0.4, 0.5) is 0 Å². The minimum Gasteiger partial charge on any atom is -0.486 e. The van der Waals surface area contributed by atoms with Crippen LogP contribution in [0.1, 0.15) is 17.5 Å². The molecule has 0 saturated heterocycles. The number of hydrogen-bond acceptors (Lipinski definition) is 3. The van der Waals surface area contributed by atoms with Gasteiger partial charge in [0.15, 0.2) is 11.5 Å². The van der Waals surface area contributed by atoms with Gasteiger partial charge in [-0.15, -0.1) is 0 Å². The lowest BCUT2D eigenvalue weighted by atomic mass is 10.1. The molecule has 1 aromatic rings. The number of ether oxygens (including phenoxy) is 2. The van der Waals surface area contributed by atoms with Gasteiger partial charge < -0.3 is 15.2 Å². The standard InChI is InChI=1S/C12H17NO2/c1-8-3-4-9(2)12-11(8)14-7-10(15-12)5-6-13/h3-4,10H,5-7,13H2,1-2H3. The van der Waals surface area contributed by atoms with E-state index < -0.39 is 0 Å². The van der Waals surface area contributed by atoms with E-state index in [1.165, 1.54) is 0 Å². The second kappa shape index (κ2) is 4.11. The molecule has 1 heterocycles. The Morgan fingerprint density at radius 3 is 2.60 bits per heavy atom. The fourth-order valence-corrected chi connectivity index (χ4v) is 1.79. The van der Waals surface area contributed by atoms with Crippen LogP contribution in [0.3, 0.4) is 0 Å². The summed E-state index contributed by atoms with van der Waals surface area (Å²) in [4.78, 5) is 0. The van der Waals surface area contributed by atoms with E-state index in [2.05, 4.69) is 12.1 Å². The normalized spacial score (nSPS) is 19.0. The number of fused-ring (bicyclic) bond motifs is 1. The van der Waals surface area contributed by atoms with Crippen LogP contribution in [0.25, 0.3) is 0 Å². The Morgan fingerprint density at radius 2 is 1.93 bits per heavy atom. The second-order valence-corrected chi connectivity index (χ2v) is 3.99. The van der Waals surface area contributed by atoms with Gasteiger partial charge in [0, 0.05) is 0 Å². The summed E-state index contributed by atoms with van der Waals surface area (Å²) in [6.07, 6.45) is 0.940. The van der Waals surface area contributed by atoms with Crippen LogP contribution in [0.2, 0.25) is 0 Å². The van der Waals surface area contributed by atoms with Crippen molar-refractivity contribution < 1.29 is 9.47 Å². The van der Waals surface area contributed by atoms with Gasteiger partial charge in [-0.2, -0.15) is 0 Å². The van der Waals surface area contributed by atoms with Crippen molar-refractivity contribution in [2.45, 2.75) is 26.4 Å². The average Bonchev–Trinajstić information content (AvgIpc) is 2.24. The first kappa shape index (κ1) is 10.3. The number of rotatable bonds is 2. The third-order valence-corrected chi connectivity index (χ3v) is 2.69. The molecule has 3 nitrogen and oxygen atoms in total. The molecule has 2 N–H and O–H groups in total. The first-order chi connectivity index (χ1) is 7.22. The molecule has 1 atom stereocenters. The Balaban J connectivity index is 2.28. The molecule has 2 rings (SSSR count). The summed E-state index contributed by atoms with van der Waals surface area (Å²) < 4.78 is 11.6. The van der Waals surface area contributed by atoms with Crippen LogP contribution in [-0.4, -0.2) is 19.3 Å². The highest BCUT2D eigenvalue weighted by molar-refractivity contribution is 5.51. The van der Waals surface area contributed by atoms with Crippen LogP contribution in [0.5, 0.6) is 11.5 Å². The van der Waals surface area contributed by atoms with Crippen molar-refractivity contribution in [3.8, 4) is 11.5 Å². The quantitative estimate of drug-likeness (QED) is 0.804. The molecular formula is C12H17NO2. The molecule has 0 spiro atoms. The van der Waals surface area contributed by atoms with E-state index in [0.717, 1.165) is 29.0 Å². The lowest BCUT2D eigenvalue weighted by Gasteiger charge is -2.28. The van der Waals surface area contributed by atoms with Crippen LogP contribution < -0.4 is 15.2 Å². The predicted molar refractivity (Wildman–Crippen MR) is 59.5 cm³/mol. The van der Waals surface area contributed by atoms with E-state index in [4.69, 9.17) is 15.2 Å². The molecule has 1 aliphatic heterocycles. The average molecular weight is 207 g/mol. The molecule has 1 unspecified atom stereocenters. The fraction of sp³-hybridized carbons (Fsp3) is 0.500. The Bertz CT molecular complexity index is 363. The smallest absolute Gasteiger partial charge is 0.164 e. The zero-order chi connectivity index (χ0) is 10.8. The molecule has 0 aliphatic carbocycles. The maximum atomic E-state index is 5.88. The largest absolute Gasteiger partial charge is 0.486 e. The third-order valence-electron chi connectivity index (χ3n) is 2.69. The fourth-order valence-electron chi connectivity index (χ4n) is 1.79. The van der Waals surface area contributed by atoms with Crippen molar-refractivity contribution in [2.24, 2.45) is 5.73 Å². The summed E-state index contributed by atoms with van der Waals surface area (Å²) in [5.74, 6) is 1.78.